The SMILES string of the molecule is CCC(C)(C)[C@@H]1CCc2c(sc(N)c2C#N)C1. The van der Waals surface area contributed by atoms with E-state index < -0.39 is 0 Å². The summed E-state index contributed by atoms with van der Waals surface area (Å²) < 4.78 is 0. The van der Waals surface area contributed by atoms with Crippen molar-refractivity contribution in [1.29, 1.82) is 5.26 Å². The van der Waals surface area contributed by atoms with Gasteiger partial charge in [0.25, 0.3) is 0 Å². The average Bonchev–Trinajstić information content (AvgIpc) is 2.63. The van der Waals surface area contributed by atoms with Gasteiger partial charge in [-0.2, -0.15) is 5.26 Å². The Hall–Kier alpha value is -1.01. The van der Waals surface area contributed by atoms with Crippen LogP contribution < -0.4 is 5.73 Å². The van der Waals surface area contributed by atoms with Crippen molar-refractivity contribution in [3.8, 4) is 6.07 Å². The number of rotatable bonds is 2. The van der Waals surface area contributed by atoms with E-state index in [1.807, 2.05) is 0 Å². The molecule has 2 N–H and O–H groups in total. The van der Waals surface area contributed by atoms with Crippen molar-refractivity contribution in [3.05, 3.63) is 16.0 Å². The molecule has 17 heavy (non-hydrogen) atoms. The fourth-order valence-electron chi connectivity index (χ4n) is 2.69. The molecule has 0 unspecified atom stereocenters. The van der Waals surface area contributed by atoms with Gasteiger partial charge < -0.3 is 5.73 Å². The van der Waals surface area contributed by atoms with Crippen LogP contribution in [0, 0.1) is 22.7 Å². The number of hydrogen-bond donors (Lipinski definition) is 1. The Kier molecular flexibility index (Phi) is 3.18. The fourth-order valence-corrected chi connectivity index (χ4v) is 3.83. The van der Waals surface area contributed by atoms with Gasteiger partial charge in [0.05, 0.1) is 5.56 Å². The summed E-state index contributed by atoms with van der Waals surface area (Å²) in [7, 11) is 0. The van der Waals surface area contributed by atoms with Crippen LogP contribution in [-0.4, -0.2) is 0 Å². The highest BCUT2D eigenvalue weighted by molar-refractivity contribution is 7.16. The van der Waals surface area contributed by atoms with Crippen LogP contribution in [0.25, 0.3) is 0 Å². The molecule has 0 spiro atoms. The van der Waals surface area contributed by atoms with Gasteiger partial charge in [0.1, 0.15) is 11.1 Å². The molecule has 1 atom stereocenters. The molecule has 2 rings (SSSR count). The van der Waals surface area contributed by atoms with Crippen LogP contribution >= 0.6 is 11.3 Å². The molecule has 0 bridgehead atoms. The van der Waals surface area contributed by atoms with Gasteiger partial charge in [0.15, 0.2) is 0 Å². The first-order valence-corrected chi connectivity index (χ1v) is 7.11. The summed E-state index contributed by atoms with van der Waals surface area (Å²) in [5.74, 6) is 0.726. The molecule has 0 fully saturated rings. The van der Waals surface area contributed by atoms with E-state index in [2.05, 4.69) is 26.8 Å². The smallest absolute Gasteiger partial charge is 0.104 e. The maximum atomic E-state index is 9.11. The lowest BCUT2D eigenvalue weighted by molar-refractivity contribution is 0.184. The first-order valence-electron chi connectivity index (χ1n) is 6.29. The van der Waals surface area contributed by atoms with Gasteiger partial charge >= 0.3 is 0 Å². The van der Waals surface area contributed by atoms with Crippen LogP contribution in [0.3, 0.4) is 0 Å². The Bertz CT molecular complexity index is 465. The maximum Gasteiger partial charge on any atom is 0.104 e. The molecule has 0 aromatic carbocycles. The first kappa shape index (κ1) is 12.4. The van der Waals surface area contributed by atoms with Gasteiger partial charge in [-0.1, -0.05) is 27.2 Å². The van der Waals surface area contributed by atoms with E-state index in [-0.39, 0.29) is 0 Å². The molecule has 0 saturated heterocycles. The molecular formula is C14H20N2S. The van der Waals surface area contributed by atoms with Crippen molar-refractivity contribution in [2.75, 3.05) is 5.73 Å². The van der Waals surface area contributed by atoms with Crippen molar-refractivity contribution in [3.63, 3.8) is 0 Å². The molecule has 0 aliphatic heterocycles. The lowest BCUT2D eigenvalue weighted by atomic mass is 9.69. The Morgan fingerprint density at radius 3 is 2.82 bits per heavy atom. The van der Waals surface area contributed by atoms with Gasteiger partial charge in [0, 0.05) is 4.88 Å². The predicted octanol–water partition coefficient (Wildman–Crippen LogP) is 3.74. The van der Waals surface area contributed by atoms with Crippen LogP contribution in [0.15, 0.2) is 0 Å². The van der Waals surface area contributed by atoms with Crippen LogP contribution in [-0.2, 0) is 12.8 Å². The number of nitrogens with zero attached hydrogens (tertiary/aromatic N) is 1. The highest BCUT2D eigenvalue weighted by atomic mass is 32.1. The van der Waals surface area contributed by atoms with E-state index in [0.29, 0.717) is 10.4 Å². The third-order valence-electron chi connectivity index (χ3n) is 4.42. The first-order chi connectivity index (χ1) is 7.99. The number of thiophene rings is 1. The number of fused-ring (bicyclic) bond motifs is 1. The van der Waals surface area contributed by atoms with Gasteiger partial charge in [-0.3, -0.25) is 0 Å². The zero-order valence-corrected chi connectivity index (χ0v) is 11.7. The minimum atomic E-state index is 0.392. The van der Waals surface area contributed by atoms with Crippen LogP contribution in [0.1, 0.15) is 49.6 Å². The predicted molar refractivity (Wildman–Crippen MR) is 73.0 cm³/mol. The van der Waals surface area contributed by atoms with E-state index in [1.165, 1.54) is 23.3 Å². The van der Waals surface area contributed by atoms with Crippen molar-refractivity contribution < 1.29 is 0 Å². The van der Waals surface area contributed by atoms with Gasteiger partial charge in [-0.05, 0) is 36.2 Å². The third kappa shape index (κ3) is 2.07. The largest absolute Gasteiger partial charge is 0.389 e. The summed E-state index contributed by atoms with van der Waals surface area (Å²) in [6.45, 7) is 6.97. The molecule has 0 radical (unpaired) electrons. The lowest BCUT2D eigenvalue weighted by Gasteiger charge is -2.36. The van der Waals surface area contributed by atoms with Crippen LogP contribution in [0.4, 0.5) is 5.00 Å². The van der Waals surface area contributed by atoms with Crippen molar-refractivity contribution in [2.24, 2.45) is 11.3 Å². The van der Waals surface area contributed by atoms with Gasteiger partial charge in [0.2, 0.25) is 0 Å². The van der Waals surface area contributed by atoms with Gasteiger partial charge in [-0.25, -0.2) is 0 Å². The van der Waals surface area contributed by atoms with Crippen LogP contribution in [0.5, 0.6) is 0 Å². The van der Waals surface area contributed by atoms with E-state index in [9.17, 15) is 0 Å². The molecule has 2 nitrogen and oxygen atoms in total. The van der Waals surface area contributed by atoms with Crippen LogP contribution in [0.2, 0.25) is 0 Å². The molecule has 1 aliphatic rings. The highest BCUT2D eigenvalue weighted by Crippen LogP contribution is 2.44. The second-order valence-corrected chi connectivity index (χ2v) is 6.77. The Morgan fingerprint density at radius 1 is 1.53 bits per heavy atom. The molecule has 0 saturated carbocycles. The zero-order valence-electron chi connectivity index (χ0n) is 10.8. The Morgan fingerprint density at radius 2 is 2.24 bits per heavy atom. The maximum absolute atomic E-state index is 9.11. The summed E-state index contributed by atoms with van der Waals surface area (Å²) in [4.78, 5) is 1.36. The van der Waals surface area contributed by atoms with E-state index in [4.69, 9.17) is 11.0 Å². The quantitative estimate of drug-likeness (QED) is 0.866. The zero-order chi connectivity index (χ0) is 12.6. The number of hydrogen-bond acceptors (Lipinski definition) is 3. The topological polar surface area (TPSA) is 49.8 Å². The van der Waals surface area contributed by atoms with E-state index >= 15 is 0 Å². The molecular weight excluding hydrogens is 228 g/mol. The Balaban J connectivity index is 2.30. The highest BCUT2D eigenvalue weighted by Gasteiger charge is 2.33. The summed E-state index contributed by atoms with van der Waals surface area (Å²) in [5, 5.41) is 9.83. The second-order valence-electron chi connectivity index (χ2n) is 5.64. The minimum Gasteiger partial charge on any atom is -0.389 e. The molecule has 0 amide bonds. The Labute approximate surface area is 107 Å². The molecule has 3 heteroatoms. The summed E-state index contributed by atoms with van der Waals surface area (Å²) in [6, 6.07) is 2.26. The number of nitrogen functional groups attached to an aromatic ring is 1. The van der Waals surface area contributed by atoms with Crippen molar-refractivity contribution in [2.45, 2.75) is 46.5 Å². The van der Waals surface area contributed by atoms with Crippen molar-refractivity contribution in [1.82, 2.24) is 0 Å². The second kappa shape index (κ2) is 4.34. The fraction of sp³-hybridized carbons (Fsp3) is 0.643. The van der Waals surface area contributed by atoms with Crippen molar-refractivity contribution >= 4 is 16.3 Å². The molecule has 1 heterocycles. The lowest BCUT2D eigenvalue weighted by Crippen LogP contribution is -2.28. The molecule has 1 aliphatic carbocycles. The molecule has 1 aromatic heterocycles. The third-order valence-corrected chi connectivity index (χ3v) is 5.50. The number of nitriles is 1. The molecule has 1 aromatic rings. The van der Waals surface area contributed by atoms with E-state index in [1.54, 1.807) is 11.3 Å². The minimum absolute atomic E-state index is 0.392. The number of nitrogens with two attached hydrogens (primary N) is 1. The standard InChI is InChI=1S/C14H20N2S/c1-4-14(2,3)9-5-6-10-11(8-15)13(16)17-12(10)7-9/h9H,4-7,16H2,1-3H3/t9-/m1/s1. The number of anilines is 1. The summed E-state index contributed by atoms with van der Waals surface area (Å²) >= 11 is 1.63. The summed E-state index contributed by atoms with van der Waals surface area (Å²) in [6.07, 6.45) is 4.53. The molecule has 92 valence electrons. The monoisotopic (exact) mass is 248 g/mol. The summed E-state index contributed by atoms with van der Waals surface area (Å²) in [5.41, 5.74) is 8.29. The average molecular weight is 248 g/mol. The van der Waals surface area contributed by atoms with Gasteiger partial charge in [-0.15, -0.1) is 11.3 Å². The normalized spacial score (nSPS) is 19.8. The van der Waals surface area contributed by atoms with E-state index in [0.717, 1.165) is 24.3 Å².